The molecule has 1 atom stereocenters. The molecule has 22 heavy (non-hydrogen) atoms. The van der Waals surface area contributed by atoms with Crippen molar-refractivity contribution in [2.45, 2.75) is 12.6 Å². The average Bonchev–Trinajstić information content (AvgIpc) is 2.97. The topological polar surface area (TPSA) is 67.5 Å². The van der Waals surface area contributed by atoms with Crippen LogP contribution < -0.4 is 10.1 Å². The summed E-state index contributed by atoms with van der Waals surface area (Å²) >= 11 is 0. The molecule has 1 aromatic carbocycles. The zero-order valence-corrected chi connectivity index (χ0v) is 12.3. The Hall–Kier alpha value is -2.37. The average molecular weight is 298 g/mol. The summed E-state index contributed by atoms with van der Waals surface area (Å²) in [4.78, 5) is 3.94. The molecule has 3 aromatic rings. The number of ether oxygens (including phenoxy) is 1. The molecule has 0 aliphatic carbocycles. The summed E-state index contributed by atoms with van der Waals surface area (Å²) in [6, 6.07) is 11.3. The van der Waals surface area contributed by atoms with Crippen LogP contribution in [0.3, 0.4) is 0 Å². The van der Waals surface area contributed by atoms with Crippen molar-refractivity contribution in [3.05, 3.63) is 60.1 Å². The van der Waals surface area contributed by atoms with E-state index in [1.165, 1.54) is 0 Å². The predicted octanol–water partition coefficient (Wildman–Crippen LogP) is 2.66. The van der Waals surface area contributed by atoms with E-state index in [9.17, 15) is 5.11 Å². The zero-order valence-electron chi connectivity index (χ0n) is 12.3. The van der Waals surface area contributed by atoms with Gasteiger partial charge in [0.2, 0.25) is 0 Å². The van der Waals surface area contributed by atoms with Gasteiger partial charge in [-0.25, -0.2) is 0 Å². The number of fused-ring (bicyclic) bond motifs is 1. The fraction of sp³-hybridized carbons (Fsp3) is 0.235. The number of nitrogens with one attached hydrogen (secondary N) is 1. The highest BCUT2D eigenvalue weighted by Gasteiger charge is 2.08. The first-order valence-corrected chi connectivity index (χ1v) is 7.11. The molecule has 0 fully saturated rings. The van der Waals surface area contributed by atoms with Crippen LogP contribution in [0.2, 0.25) is 0 Å². The lowest BCUT2D eigenvalue weighted by Gasteiger charge is -2.10. The minimum absolute atomic E-state index is 0.449. The molecule has 0 saturated carbocycles. The second-order valence-corrected chi connectivity index (χ2v) is 5.04. The van der Waals surface area contributed by atoms with Crippen molar-refractivity contribution >= 4 is 11.0 Å². The van der Waals surface area contributed by atoms with Crippen molar-refractivity contribution in [3.63, 3.8) is 0 Å². The lowest BCUT2D eigenvalue weighted by Crippen LogP contribution is -2.20. The van der Waals surface area contributed by atoms with Crippen LogP contribution in [-0.2, 0) is 6.54 Å². The number of hydrogen-bond acceptors (Lipinski definition) is 5. The number of aromatic nitrogens is 1. The number of nitrogens with zero attached hydrogens (tertiary/aromatic N) is 1. The third kappa shape index (κ3) is 3.27. The molecule has 2 heterocycles. The Morgan fingerprint density at radius 1 is 1.23 bits per heavy atom. The lowest BCUT2D eigenvalue weighted by molar-refractivity contribution is 0.173. The van der Waals surface area contributed by atoms with E-state index in [1.807, 2.05) is 24.3 Å². The van der Waals surface area contributed by atoms with Crippen molar-refractivity contribution in [2.24, 2.45) is 0 Å². The van der Waals surface area contributed by atoms with Crippen LogP contribution in [0.5, 0.6) is 5.75 Å². The van der Waals surface area contributed by atoms with E-state index in [0.29, 0.717) is 13.1 Å². The first-order chi connectivity index (χ1) is 10.8. The number of aliphatic hydroxyl groups is 1. The molecular weight excluding hydrogens is 280 g/mol. The third-order valence-electron chi connectivity index (χ3n) is 3.50. The predicted molar refractivity (Wildman–Crippen MR) is 83.7 cm³/mol. The van der Waals surface area contributed by atoms with Crippen LogP contribution in [0.25, 0.3) is 11.0 Å². The van der Waals surface area contributed by atoms with Gasteiger partial charge in [-0.05, 0) is 42.0 Å². The Kier molecular flexibility index (Phi) is 4.37. The summed E-state index contributed by atoms with van der Waals surface area (Å²) in [6.45, 7) is 1.00. The summed E-state index contributed by atoms with van der Waals surface area (Å²) < 4.78 is 10.9. The summed E-state index contributed by atoms with van der Waals surface area (Å²) in [5.74, 6) is 1.63. The second kappa shape index (κ2) is 6.60. The molecule has 5 nitrogen and oxygen atoms in total. The number of hydrogen-bond donors (Lipinski definition) is 2. The molecule has 0 amide bonds. The van der Waals surface area contributed by atoms with Gasteiger partial charge in [-0.2, -0.15) is 0 Å². The van der Waals surface area contributed by atoms with E-state index in [-0.39, 0.29) is 0 Å². The fourth-order valence-electron chi connectivity index (χ4n) is 2.33. The third-order valence-corrected chi connectivity index (χ3v) is 3.50. The molecule has 0 aliphatic heterocycles. The monoisotopic (exact) mass is 298 g/mol. The molecule has 0 radical (unpaired) electrons. The number of methoxy groups -OCH3 is 1. The van der Waals surface area contributed by atoms with E-state index in [0.717, 1.165) is 28.0 Å². The maximum absolute atomic E-state index is 10.1. The number of furan rings is 1. The highest BCUT2D eigenvalue weighted by molar-refractivity contribution is 5.79. The maximum atomic E-state index is 10.1. The molecule has 114 valence electrons. The molecule has 0 bridgehead atoms. The van der Waals surface area contributed by atoms with Gasteiger partial charge in [-0.15, -0.1) is 0 Å². The van der Waals surface area contributed by atoms with Crippen LogP contribution >= 0.6 is 0 Å². The first kappa shape index (κ1) is 14.6. The highest BCUT2D eigenvalue weighted by atomic mass is 16.5. The summed E-state index contributed by atoms with van der Waals surface area (Å²) in [5.41, 5.74) is 1.67. The van der Waals surface area contributed by atoms with Gasteiger partial charge in [0.1, 0.15) is 17.1 Å². The van der Waals surface area contributed by atoms with Crippen molar-refractivity contribution in [1.29, 1.82) is 0 Å². The van der Waals surface area contributed by atoms with Crippen LogP contribution in [0, 0.1) is 0 Å². The van der Waals surface area contributed by atoms with Gasteiger partial charge in [0.05, 0.1) is 19.8 Å². The molecule has 1 unspecified atom stereocenters. The quantitative estimate of drug-likeness (QED) is 0.732. The molecule has 0 saturated heterocycles. The molecule has 3 rings (SSSR count). The van der Waals surface area contributed by atoms with Gasteiger partial charge in [0, 0.05) is 24.3 Å². The molecule has 0 aliphatic rings. The van der Waals surface area contributed by atoms with Crippen molar-refractivity contribution < 1.29 is 14.3 Å². The van der Waals surface area contributed by atoms with Gasteiger partial charge in [0.15, 0.2) is 0 Å². The largest absolute Gasteiger partial charge is 0.497 e. The van der Waals surface area contributed by atoms with Crippen LogP contribution in [-0.4, -0.2) is 23.7 Å². The summed E-state index contributed by atoms with van der Waals surface area (Å²) in [7, 11) is 1.64. The van der Waals surface area contributed by atoms with Crippen LogP contribution in [0.1, 0.15) is 17.4 Å². The molecule has 2 N–H and O–H groups in total. The Morgan fingerprint density at radius 3 is 2.82 bits per heavy atom. The normalized spacial score (nSPS) is 12.5. The van der Waals surface area contributed by atoms with E-state index >= 15 is 0 Å². The van der Waals surface area contributed by atoms with Gasteiger partial charge in [0.25, 0.3) is 0 Å². The summed E-state index contributed by atoms with van der Waals surface area (Å²) in [6.07, 6.45) is 2.78. The molecule has 2 aromatic heterocycles. The number of aliphatic hydroxyl groups excluding tert-OH is 1. The first-order valence-electron chi connectivity index (χ1n) is 7.11. The van der Waals surface area contributed by atoms with E-state index in [4.69, 9.17) is 9.15 Å². The van der Waals surface area contributed by atoms with Gasteiger partial charge < -0.3 is 19.6 Å². The Bertz CT molecular complexity index is 740. The number of benzene rings is 1. The van der Waals surface area contributed by atoms with E-state index in [1.54, 1.807) is 31.6 Å². The molecular formula is C17H18N2O3. The zero-order chi connectivity index (χ0) is 15.4. The van der Waals surface area contributed by atoms with Crippen LogP contribution in [0.15, 0.2) is 53.2 Å². The Balaban J connectivity index is 1.59. The smallest absolute Gasteiger partial charge is 0.134 e. The van der Waals surface area contributed by atoms with Crippen molar-refractivity contribution in [2.75, 3.05) is 13.7 Å². The van der Waals surface area contributed by atoms with E-state index < -0.39 is 6.10 Å². The minimum Gasteiger partial charge on any atom is -0.497 e. The van der Waals surface area contributed by atoms with Gasteiger partial charge in [-0.1, -0.05) is 0 Å². The second-order valence-electron chi connectivity index (χ2n) is 5.04. The Morgan fingerprint density at radius 2 is 2.05 bits per heavy atom. The standard InChI is InChI=1S/C17H18N2O3/c1-21-14-2-3-17-13(8-14)9-15(22-17)10-19-11-16(20)12-4-6-18-7-5-12/h2-9,16,19-20H,10-11H2,1H3. The van der Waals surface area contributed by atoms with Crippen molar-refractivity contribution in [3.8, 4) is 5.75 Å². The summed E-state index contributed by atoms with van der Waals surface area (Å²) in [5, 5.41) is 14.3. The van der Waals surface area contributed by atoms with Gasteiger partial charge >= 0.3 is 0 Å². The van der Waals surface area contributed by atoms with Crippen LogP contribution in [0.4, 0.5) is 0 Å². The molecule has 0 spiro atoms. The minimum atomic E-state index is -0.563. The van der Waals surface area contributed by atoms with Crippen molar-refractivity contribution in [1.82, 2.24) is 10.3 Å². The number of rotatable bonds is 6. The number of pyridine rings is 1. The lowest BCUT2D eigenvalue weighted by atomic mass is 10.1. The Labute approximate surface area is 128 Å². The molecule has 5 heteroatoms. The highest BCUT2D eigenvalue weighted by Crippen LogP contribution is 2.24. The van der Waals surface area contributed by atoms with Gasteiger partial charge in [-0.3, -0.25) is 4.98 Å². The maximum Gasteiger partial charge on any atom is 0.134 e. The SMILES string of the molecule is COc1ccc2oc(CNCC(O)c3ccncc3)cc2c1. The van der Waals surface area contributed by atoms with E-state index in [2.05, 4.69) is 10.3 Å². The fourth-order valence-corrected chi connectivity index (χ4v) is 2.33.